The number of hydrogen-bond donors (Lipinski definition) is 34. The summed E-state index contributed by atoms with van der Waals surface area (Å²) in [6.45, 7) is 7.67. The molecule has 0 aliphatic carbocycles. The summed E-state index contributed by atoms with van der Waals surface area (Å²) in [5.74, 6) is -12.6. The molecule has 1 aromatic carbocycles. The molecule has 0 spiro atoms. The van der Waals surface area contributed by atoms with Crippen LogP contribution in [0.4, 0.5) is 0 Å². The Balaban J connectivity index is -0.000000189. The third kappa shape index (κ3) is 82.1. The van der Waals surface area contributed by atoms with Gasteiger partial charge >= 0.3 is 65.7 Å². The normalized spacial score (nSPS) is 13.4. The number of aliphatic carboxylic acids is 8. The Bertz CT molecular complexity index is 2890. The van der Waals surface area contributed by atoms with Crippen LogP contribution in [-0.4, -0.2) is 253 Å². The lowest BCUT2D eigenvalue weighted by Crippen LogP contribution is -2.45. The van der Waals surface area contributed by atoms with E-state index < -0.39 is 156 Å². The Kier molecular flexibility index (Phi) is 76.7. The molecule has 0 aliphatic rings. The highest BCUT2D eigenvalue weighted by Gasteiger charge is 2.27. The number of primary amides is 3. The Labute approximate surface area is 658 Å². The molecule has 0 saturated heterocycles. The fourth-order valence-corrected chi connectivity index (χ4v) is 6.78. The quantitative estimate of drug-likeness (QED) is 0.00947. The second-order valence-corrected chi connectivity index (χ2v) is 24.4. The number of rotatable bonds is 46. The number of amides is 3. The maximum Gasteiger partial charge on any atom is 0.330 e. The molecule has 0 radical (unpaired) electrons. The molecular formula is C64H129N25O25. The van der Waals surface area contributed by atoms with E-state index >= 15 is 0 Å². The van der Waals surface area contributed by atoms with Crippen LogP contribution in [0.3, 0.4) is 0 Å². The van der Waals surface area contributed by atoms with Gasteiger partial charge in [0.05, 0.1) is 0 Å². The number of phenolic OH excluding ortho intramolecular Hbond substituents is 1. The van der Waals surface area contributed by atoms with Crippen molar-refractivity contribution in [2.24, 2.45) is 115 Å². The third-order valence-electron chi connectivity index (χ3n) is 14.1. The van der Waals surface area contributed by atoms with Gasteiger partial charge in [-0.2, -0.15) is 0 Å². The van der Waals surface area contributed by atoms with E-state index in [2.05, 4.69) is 20.7 Å². The highest BCUT2D eigenvalue weighted by Crippen LogP contribution is 2.12. The molecule has 0 heterocycles. The minimum atomic E-state index is -1.32. The first-order valence-electron chi connectivity index (χ1n) is 35.0. The van der Waals surface area contributed by atoms with Crippen LogP contribution in [0.25, 0.3) is 0 Å². The van der Waals surface area contributed by atoms with Crippen molar-refractivity contribution in [2.75, 3.05) is 32.7 Å². The number of esters is 3. The first-order chi connectivity index (χ1) is 52.6. The molecule has 0 aromatic heterocycles. The van der Waals surface area contributed by atoms with Crippen LogP contribution in [0.15, 0.2) is 24.3 Å². The molecule has 13 atom stereocenters. The van der Waals surface area contributed by atoms with Crippen LogP contribution in [0.1, 0.15) is 148 Å². The standard InChI is InChI=1S/C15H23N5O4.C9H17N3O5.2C6H14N4O2.2C6H14N2O2.C6H13NO2.2C5H10N2O3/c16-11(2-1-7-20-15(18)19)13(22)24-14(23)12(17)8-9-3-5-10(21)6-4-9;1-4(7(12)8(14)15)17-9(16)5(10)2-3-6(11)13;2*7-4(5(11)12)2-1-3-10-6(8)9;2*7-4-2-1-3-5(8)6(9)10;1-3-4(2)5(7)6(8)9;2*6-3(5(9)10)1-2-4(7)8/h3-6,11-12,21H,1-2,7-8,16-17H2,(H4,18,19,20);4-5,7H,2-3,10,12H2,1H3,(H2,11,13)(H,14,15);2*4H,1-3,7H2,(H,11,12)(H4,8,9,10);2*5H,1-4,7-8H2,(H,9,10);4-5H,3,7H2,1-2H3,(H,8,9);2*3H,1-2,6H2,(H2,7,8)(H,9,10)/t11-,12-;4-,5+,7+;2*4-;2*5-;4-,5-;2*3-/m010000000/s1. The van der Waals surface area contributed by atoms with Crippen LogP contribution in [0.2, 0.25) is 0 Å². The second-order valence-electron chi connectivity index (χ2n) is 24.4. The molecule has 660 valence electrons. The van der Waals surface area contributed by atoms with Gasteiger partial charge in [0.25, 0.3) is 0 Å². The first-order valence-corrected chi connectivity index (χ1v) is 35.0. The topological polar surface area (TPSA) is 1040 Å². The summed E-state index contributed by atoms with van der Waals surface area (Å²) in [7, 11) is 0. The monoisotopic (exact) mass is 1650 g/mol. The highest BCUT2D eigenvalue weighted by molar-refractivity contribution is 5.91. The molecule has 50 nitrogen and oxygen atoms in total. The fraction of sp³-hybridized carbons (Fsp3) is 0.641. The number of carbonyl (C=O) groups excluding carboxylic acids is 6. The molecule has 1 rings (SSSR count). The Morgan fingerprint density at radius 3 is 0.886 bits per heavy atom. The average molecular weight is 1650 g/mol. The van der Waals surface area contributed by atoms with Crippen LogP contribution >= 0.6 is 0 Å². The molecule has 0 unspecified atom stereocenters. The van der Waals surface area contributed by atoms with Crippen molar-refractivity contribution in [2.45, 2.75) is 222 Å². The zero-order valence-corrected chi connectivity index (χ0v) is 64.5. The zero-order valence-electron chi connectivity index (χ0n) is 64.5. The fourth-order valence-electron chi connectivity index (χ4n) is 6.78. The molecule has 114 heavy (non-hydrogen) atoms. The highest BCUT2D eigenvalue weighted by atomic mass is 16.6. The van der Waals surface area contributed by atoms with Gasteiger partial charge in [0.15, 0.2) is 17.9 Å². The van der Waals surface area contributed by atoms with E-state index in [1.54, 1.807) is 12.1 Å². The van der Waals surface area contributed by atoms with Gasteiger partial charge in [0.2, 0.25) is 17.7 Å². The van der Waals surface area contributed by atoms with Crippen molar-refractivity contribution in [1.82, 2.24) is 16.0 Å². The molecule has 0 fully saturated rings. The summed E-state index contributed by atoms with van der Waals surface area (Å²) in [5, 5.41) is 104. The van der Waals surface area contributed by atoms with Gasteiger partial charge in [-0.15, -0.1) is 0 Å². The minimum Gasteiger partial charge on any atom is -0.508 e. The van der Waals surface area contributed by atoms with Gasteiger partial charge in [0.1, 0.15) is 78.3 Å². The van der Waals surface area contributed by atoms with Gasteiger partial charge in [0, 0.05) is 38.9 Å². The molecule has 0 aliphatic heterocycles. The molecule has 53 N–H and O–H groups in total. The number of nitrogens with one attached hydrogen (secondary N) is 6. The lowest BCUT2D eigenvalue weighted by Gasteiger charge is -2.19. The van der Waals surface area contributed by atoms with Crippen LogP contribution in [0, 0.1) is 22.1 Å². The van der Waals surface area contributed by atoms with E-state index in [0.29, 0.717) is 77.7 Å². The largest absolute Gasteiger partial charge is 0.508 e. The number of hydrogen-bond acceptors (Lipinski definition) is 33. The van der Waals surface area contributed by atoms with Crippen molar-refractivity contribution in [3.8, 4) is 5.75 Å². The Hall–Kier alpha value is -10.9. The van der Waals surface area contributed by atoms with Crippen molar-refractivity contribution < 1.29 is 123 Å². The van der Waals surface area contributed by atoms with Gasteiger partial charge in [-0.1, -0.05) is 45.2 Å². The molecule has 1 aromatic rings. The summed E-state index contributed by atoms with van der Waals surface area (Å²) < 4.78 is 9.43. The summed E-state index contributed by atoms with van der Waals surface area (Å²) >= 11 is 0. The molecule has 50 heteroatoms. The van der Waals surface area contributed by atoms with E-state index in [1.165, 1.54) is 19.1 Å². The number of ether oxygens (including phenoxy) is 2. The first kappa shape index (κ1) is 119. The van der Waals surface area contributed by atoms with Crippen molar-refractivity contribution in [3.05, 3.63) is 29.8 Å². The molecule has 3 amide bonds. The number of carboxylic acid groups (broad SMARTS) is 8. The van der Waals surface area contributed by atoms with Crippen LogP contribution in [0.5, 0.6) is 5.75 Å². The van der Waals surface area contributed by atoms with Gasteiger partial charge < -0.3 is 180 Å². The number of unbranched alkanes of at least 4 members (excludes halogenated alkanes) is 2. The second kappa shape index (κ2) is 73.6. The number of benzene rings is 1. The molecule has 0 saturated carbocycles. The van der Waals surface area contributed by atoms with Crippen LogP contribution < -0.4 is 125 Å². The Morgan fingerprint density at radius 2 is 0.632 bits per heavy atom. The van der Waals surface area contributed by atoms with Crippen molar-refractivity contribution >= 4 is 101 Å². The van der Waals surface area contributed by atoms with E-state index in [9.17, 15) is 72.2 Å². The van der Waals surface area contributed by atoms with Gasteiger partial charge in [-0.05, 0) is 134 Å². The van der Waals surface area contributed by atoms with E-state index in [-0.39, 0.29) is 80.9 Å². The van der Waals surface area contributed by atoms with Crippen molar-refractivity contribution in [1.29, 1.82) is 16.2 Å². The number of guanidine groups is 3. The van der Waals surface area contributed by atoms with Gasteiger partial charge in [-0.25, -0.2) is 9.59 Å². The van der Waals surface area contributed by atoms with E-state index in [0.717, 1.165) is 37.7 Å². The van der Waals surface area contributed by atoms with Crippen LogP contribution in [-0.2, 0) is 83.0 Å². The molecule has 0 bridgehead atoms. The zero-order chi connectivity index (χ0) is 90.5. The average Bonchev–Trinajstić information content (AvgIpc) is 0.896. The van der Waals surface area contributed by atoms with Crippen molar-refractivity contribution in [3.63, 3.8) is 0 Å². The maximum atomic E-state index is 11.8. The Morgan fingerprint density at radius 1 is 0.368 bits per heavy atom. The molecular weight excluding hydrogens is 1520 g/mol. The lowest BCUT2D eigenvalue weighted by atomic mass is 10.0. The number of aromatic hydroxyl groups is 1. The predicted molar refractivity (Wildman–Crippen MR) is 415 cm³/mol. The minimum absolute atomic E-state index is 0.0213. The lowest BCUT2D eigenvalue weighted by molar-refractivity contribution is -0.162. The smallest absolute Gasteiger partial charge is 0.330 e. The SMILES string of the molecule is CC[C@H](C)[C@H](N)C(=O)O.C[C@@H](OC(=O)[C@@H](N)CCC(N)=O)[C@H](N)C(=O)O.N=C(N)NCCC[C@H](N)C(=O)O.N=C(N)NCCC[C@H](N)C(=O)O.N=C(N)NCCC[C@H](N)C(=O)OC(=O)[C@@H](N)Cc1ccc(O)cc1.NC(=O)CC[C@H](N)C(=O)O.NC(=O)CC[C@H](N)C(=O)O.NCCCC[C@H](N)C(=O)O.NCCCC[C@H](N)C(=O)O. The van der Waals surface area contributed by atoms with E-state index in [1.807, 2.05) is 13.8 Å². The summed E-state index contributed by atoms with van der Waals surface area (Å²) in [5.41, 5.74) is 98.9. The number of phenols is 1. The number of carboxylic acids is 8. The van der Waals surface area contributed by atoms with E-state index in [4.69, 9.17) is 171 Å². The number of carbonyl (C=O) groups is 14. The van der Waals surface area contributed by atoms with Gasteiger partial charge in [-0.3, -0.25) is 73.8 Å². The predicted octanol–water partition coefficient (Wildman–Crippen LogP) is -9.01. The third-order valence-corrected chi connectivity index (χ3v) is 14.1. The summed E-state index contributed by atoms with van der Waals surface area (Å²) in [4.78, 5) is 147. The number of nitrogens with two attached hydrogens (primary N) is 19. The maximum absolute atomic E-state index is 11.8. The summed E-state index contributed by atoms with van der Waals surface area (Å²) in [6.07, 6.45) is 7.27. The summed E-state index contributed by atoms with van der Waals surface area (Å²) in [6, 6.07) is -3.84.